The fourth-order valence-electron chi connectivity index (χ4n) is 3.17. The average molecular weight is 270 g/mol. The number of rotatable bonds is 3. The van der Waals surface area contributed by atoms with E-state index in [9.17, 15) is 0 Å². The first-order valence-corrected chi connectivity index (χ1v) is 7.63. The normalized spacial score (nSPS) is 19.1. The Morgan fingerprint density at radius 2 is 0.810 bits per heavy atom. The van der Waals surface area contributed by atoms with Crippen LogP contribution in [0, 0.1) is 0 Å². The van der Waals surface area contributed by atoms with E-state index in [2.05, 4.69) is 72.9 Å². The van der Waals surface area contributed by atoms with Crippen LogP contribution in [-0.2, 0) is 0 Å². The van der Waals surface area contributed by atoms with Crippen molar-refractivity contribution in [3.63, 3.8) is 0 Å². The second kappa shape index (κ2) is 5.21. The van der Waals surface area contributed by atoms with Gasteiger partial charge in [0.25, 0.3) is 0 Å². The molecule has 0 unspecified atom stereocenters. The van der Waals surface area contributed by atoms with Gasteiger partial charge in [0.1, 0.15) is 0 Å². The average Bonchev–Trinajstić information content (AvgIpc) is 3.29. The molecule has 3 aliphatic carbocycles. The molecule has 3 aliphatic rings. The van der Waals surface area contributed by atoms with Crippen LogP contribution in [0.15, 0.2) is 72.9 Å². The lowest BCUT2D eigenvalue weighted by atomic mass is 9.92. The third-order valence-electron chi connectivity index (χ3n) is 4.36. The van der Waals surface area contributed by atoms with Crippen LogP contribution in [0.2, 0.25) is 0 Å². The molecule has 0 heterocycles. The quantitative estimate of drug-likeness (QED) is 0.659. The van der Waals surface area contributed by atoms with Gasteiger partial charge in [-0.15, -0.1) is 0 Å². The zero-order chi connectivity index (χ0) is 14.1. The third kappa shape index (κ3) is 2.38. The fraction of sp³-hybridized carbons (Fsp3) is 0.143. The van der Waals surface area contributed by atoms with Crippen LogP contribution >= 0.6 is 0 Å². The van der Waals surface area contributed by atoms with Crippen molar-refractivity contribution in [3.05, 3.63) is 89.6 Å². The summed E-state index contributed by atoms with van der Waals surface area (Å²) in [6, 6.07) is 7.05. The molecule has 102 valence electrons. The third-order valence-corrected chi connectivity index (χ3v) is 4.36. The summed E-state index contributed by atoms with van der Waals surface area (Å²) in [4.78, 5) is 0. The Labute approximate surface area is 126 Å². The van der Waals surface area contributed by atoms with Gasteiger partial charge >= 0.3 is 0 Å². The monoisotopic (exact) mass is 270 g/mol. The Morgan fingerprint density at radius 1 is 0.476 bits per heavy atom. The van der Waals surface area contributed by atoms with Gasteiger partial charge in [-0.2, -0.15) is 0 Å². The van der Waals surface area contributed by atoms with Gasteiger partial charge in [-0.3, -0.25) is 0 Å². The van der Waals surface area contributed by atoms with Crippen molar-refractivity contribution in [2.45, 2.75) is 19.3 Å². The fourth-order valence-corrected chi connectivity index (χ4v) is 3.17. The SMILES string of the molecule is C1=CCC(c2cc(C3=CC=CC3)cc(C3=CC=CC3)c2)=C1. The van der Waals surface area contributed by atoms with Crippen molar-refractivity contribution in [3.8, 4) is 0 Å². The summed E-state index contributed by atoms with van der Waals surface area (Å²) < 4.78 is 0. The molecule has 1 aromatic carbocycles. The Balaban J connectivity index is 1.79. The minimum Gasteiger partial charge on any atom is -0.0801 e. The molecule has 0 fully saturated rings. The van der Waals surface area contributed by atoms with Gasteiger partial charge in [0, 0.05) is 0 Å². The van der Waals surface area contributed by atoms with E-state index in [1.807, 2.05) is 0 Å². The Kier molecular flexibility index (Phi) is 3.08. The van der Waals surface area contributed by atoms with E-state index >= 15 is 0 Å². The Morgan fingerprint density at radius 3 is 1.05 bits per heavy atom. The van der Waals surface area contributed by atoms with Crippen LogP contribution < -0.4 is 0 Å². The predicted octanol–water partition coefficient (Wildman–Crippen LogP) is 5.72. The summed E-state index contributed by atoms with van der Waals surface area (Å²) in [7, 11) is 0. The van der Waals surface area contributed by atoms with E-state index in [0.717, 1.165) is 19.3 Å². The van der Waals surface area contributed by atoms with E-state index in [1.165, 1.54) is 33.4 Å². The van der Waals surface area contributed by atoms with E-state index in [-0.39, 0.29) is 0 Å². The van der Waals surface area contributed by atoms with Crippen LogP contribution in [0.25, 0.3) is 16.7 Å². The molecule has 0 saturated carbocycles. The van der Waals surface area contributed by atoms with E-state index in [1.54, 1.807) is 0 Å². The van der Waals surface area contributed by atoms with Gasteiger partial charge < -0.3 is 0 Å². The summed E-state index contributed by atoms with van der Waals surface area (Å²) in [5, 5.41) is 0. The zero-order valence-corrected chi connectivity index (χ0v) is 12.0. The minimum absolute atomic E-state index is 1.05. The summed E-state index contributed by atoms with van der Waals surface area (Å²) in [5.74, 6) is 0. The van der Waals surface area contributed by atoms with Crippen molar-refractivity contribution >= 4 is 16.7 Å². The molecule has 21 heavy (non-hydrogen) atoms. The van der Waals surface area contributed by atoms with E-state index in [0.29, 0.717) is 0 Å². The molecule has 0 spiro atoms. The number of allylic oxidation sites excluding steroid dienone is 12. The van der Waals surface area contributed by atoms with E-state index in [4.69, 9.17) is 0 Å². The highest BCUT2D eigenvalue weighted by molar-refractivity contribution is 5.82. The van der Waals surface area contributed by atoms with Gasteiger partial charge in [-0.1, -0.05) is 54.7 Å². The molecule has 0 N–H and O–H groups in total. The summed E-state index contributed by atoms with van der Waals surface area (Å²) in [6.45, 7) is 0. The van der Waals surface area contributed by atoms with Crippen molar-refractivity contribution in [2.24, 2.45) is 0 Å². The highest BCUT2D eigenvalue weighted by Crippen LogP contribution is 2.34. The first-order chi connectivity index (χ1) is 10.4. The molecule has 0 nitrogen and oxygen atoms in total. The Hall–Kier alpha value is -2.34. The first-order valence-electron chi connectivity index (χ1n) is 7.63. The van der Waals surface area contributed by atoms with Crippen LogP contribution in [0.3, 0.4) is 0 Å². The molecule has 0 heteroatoms. The highest BCUT2D eigenvalue weighted by atomic mass is 14.2. The molecule has 0 bridgehead atoms. The molecule has 0 radical (unpaired) electrons. The van der Waals surface area contributed by atoms with Gasteiger partial charge in [0.2, 0.25) is 0 Å². The summed E-state index contributed by atoms with van der Waals surface area (Å²) >= 11 is 0. The zero-order valence-electron chi connectivity index (χ0n) is 12.0. The van der Waals surface area contributed by atoms with Crippen LogP contribution in [0.1, 0.15) is 36.0 Å². The van der Waals surface area contributed by atoms with Gasteiger partial charge in [-0.05, 0) is 70.9 Å². The molecule has 4 rings (SSSR count). The first kappa shape index (κ1) is 12.4. The molecule has 0 aromatic heterocycles. The van der Waals surface area contributed by atoms with Crippen molar-refractivity contribution < 1.29 is 0 Å². The van der Waals surface area contributed by atoms with Crippen LogP contribution in [0.4, 0.5) is 0 Å². The second-order valence-corrected chi connectivity index (χ2v) is 5.77. The molecular formula is C21H18. The minimum atomic E-state index is 1.05. The molecule has 1 aromatic rings. The highest BCUT2D eigenvalue weighted by Gasteiger charge is 2.12. The molecule has 0 amide bonds. The smallest absolute Gasteiger partial charge is 0.00884 e. The molecular weight excluding hydrogens is 252 g/mol. The standard InChI is InChI=1S/C21H18/c1-2-8-16(7-1)19-13-20(17-9-3-4-10-17)15-21(14-19)18-11-5-6-12-18/h1-7,9,11,13-15H,8,10,12H2. The molecule has 0 aliphatic heterocycles. The maximum atomic E-state index is 2.35. The van der Waals surface area contributed by atoms with E-state index < -0.39 is 0 Å². The van der Waals surface area contributed by atoms with Gasteiger partial charge in [-0.25, -0.2) is 0 Å². The van der Waals surface area contributed by atoms with Crippen molar-refractivity contribution in [1.82, 2.24) is 0 Å². The lowest BCUT2D eigenvalue weighted by molar-refractivity contribution is 1.36. The lowest BCUT2D eigenvalue weighted by Crippen LogP contribution is -1.92. The number of benzene rings is 1. The largest absolute Gasteiger partial charge is 0.0801 e. The van der Waals surface area contributed by atoms with Crippen molar-refractivity contribution in [1.29, 1.82) is 0 Å². The topological polar surface area (TPSA) is 0 Å². The number of hydrogen-bond donors (Lipinski definition) is 0. The second-order valence-electron chi connectivity index (χ2n) is 5.77. The lowest BCUT2D eigenvalue weighted by Gasteiger charge is -2.12. The van der Waals surface area contributed by atoms with Gasteiger partial charge in [0.15, 0.2) is 0 Å². The maximum Gasteiger partial charge on any atom is -0.00884 e. The molecule has 0 saturated heterocycles. The van der Waals surface area contributed by atoms with Crippen LogP contribution in [-0.4, -0.2) is 0 Å². The van der Waals surface area contributed by atoms with Crippen molar-refractivity contribution in [2.75, 3.05) is 0 Å². The Bertz CT molecular complexity index is 644. The van der Waals surface area contributed by atoms with Gasteiger partial charge in [0.05, 0.1) is 0 Å². The number of hydrogen-bond acceptors (Lipinski definition) is 0. The maximum absolute atomic E-state index is 2.35. The van der Waals surface area contributed by atoms with Crippen LogP contribution in [0.5, 0.6) is 0 Å². The summed E-state index contributed by atoms with van der Waals surface area (Å²) in [6.07, 6.45) is 23.1. The predicted molar refractivity (Wildman–Crippen MR) is 91.6 cm³/mol. The summed E-state index contributed by atoms with van der Waals surface area (Å²) in [5.41, 5.74) is 8.39. The molecule has 0 atom stereocenters.